The highest BCUT2D eigenvalue weighted by Crippen LogP contribution is 2.43. The van der Waals surface area contributed by atoms with Crippen molar-refractivity contribution >= 4 is 26.8 Å². The average Bonchev–Trinajstić information content (AvgIpc) is 3.40. The van der Waals surface area contributed by atoms with Gasteiger partial charge in [-0.05, 0) is 72.1 Å². The van der Waals surface area contributed by atoms with Crippen LogP contribution in [-0.4, -0.2) is 38.5 Å². The average molecular weight is 614 g/mol. The van der Waals surface area contributed by atoms with E-state index in [0.29, 0.717) is 25.6 Å². The second-order valence-electron chi connectivity index (χ2n) is 9.96. The highest BCUT2D eigenvalue weighted by molar-refractivity contribution is 9.10. The fourth-order valence-corrected chi connectivity index (χ4v) is 5.97. The van der Waals surface area contributed by atoms with E-state index in [2.05, 4.69) is 74.8 Å². The first-order valence-corrected chi connectivity index (χ1v) is 14.7. The third kappa shape index (κ3) is 5.78. The summed E-state index contributed by atoms with van der Waals surface area (Å²) in [5, 5.41) is 5.07. The molecule has 0 fully saturated rings. The molecule has 7 heteroatoms. The number of methoxy groups -OCH3 is 1. The molecule has 210 valence electrons. The lowest BCUT2D eigenvalue weighted by molar-refractivity contribution is 0.208. The van der Waals surface area contributed by atoms with Crippen molar-refractivity contribution in [2.24, 2.45) is 0 Å². The Bertz CT molecular complexity index is 1630. The molecule has 0 bridgehead atoms. The van der Waals surface area contributed by atoms with Crippen LogP contribution in [0.1, 0.15) is 41.3 Å². The Morgan fingerprint density at radius 2 is 1.59 bits per heavy atom. The summed E-state index contributed by atoms with van der Waals surface area (Å²) in [5.41, 5.74) is 6.02. The number of fused-ring (bicyclic) bond motifs is 3. The molecule has 1 aliphatic heterocycles. The number of halogens is 1. The number of ether oxygens (including phenoxy) is 4. The number of hydrogen-bond donors (Lipinski definition) is 2. The van der Waals surface area contributed by atoms with Gasteiger partial charge in [0.25, 0.3) is 0 Å². The van der Waals surface area contributed by atoms with Gasteiger partial charge in [0, 0.05) is 33.5 Å². The van der Waals surface area contributed by atoms with Crippen molar-refractivity contribution < 1.29 is 18.9 Å². The summed E-state index contributed by atoms with van der Waals surface area (Å²) in [6, 6.07) is 30.9. The first-order chi connectivity index (χ1) is 20.1. The Morgan fingerprint density at radius 1 is 0.780 bits per heavy atom. The summed E-state index contributed by atoms with van der Waals surface area (Å²) in [6.45, 7) is 4.17. The minimum absolute atomic E-state index is 0.0139. The summed E-state index contributed by atoms with van der Waals surface area (Å²) in [5.74, 6) is 3.30. The molecule has 0 amide bonds. The van der Waals surface area contributed by atoms with Gasteiger partial charge < -0.3 is 29.2 Å². The normalized spacial score (nSPS) is 16.3. The van der Waals surface area contributed by atoms with Gasteiger partial charge in [-0.25, -0.2) is 0 Å². The van der Waals surface area contributed by atoms with Crippen LogP contribution in [-0.2, 0) is 0 Å². The van der Waals surface area contributed by atoms with Crippen LogP contribution in [0.2, 0.25) is 0 Å². The van der Waals surface area contributed by atoms with Crippen LogP contribution in [0.15, 0.2) is 95.5 Å². The van der Waals surface area contributed by atoms with Crippen LogP contribution in [0.5, 0.6) is 23.0 Å². The third-order valence-electron chi connectivity index (χ3n) is 7.46. The molecule has 0 spiro atoms. The summed E-state index contributed by atoms with van der Waals surface area (Å²) in [7, 11) is 1.70. The van der Waals surface area contributed by atoms with Gasteiger partial charge >= 0.3 is 0 Å². The number of rotatable bonds is 10. The zero-order chi connectivity index (χ0) is 28.2. The molecule has 2 atom stereocenters. The number of nitrogens with one attached hydrogen (secondary N) is 2. The van der Waals surface area contributed by atoms with E-state index in [-0.39, 0.29) is 12.0 Å². The molecule has 2 heterocycles. The van der Waals surface area contributed by atoms with Gasteiger partial charge in [0.1, 0.15) is 24.7 Å². The van der Waals surface area contributed by atoms with Gasteiger partial charge in [0.15, 0.2) is 11.5 Å². The third-order valence-corrected chi connectivity index (χ3v) is 7.96. The first kappa shape index (κ1) is 27.2. The molecule has 5 aromatic rings. The fourth-order valence-electron chi connectivity index (χ4n) is 5.59. The maximum absolute atomic E-state index is 6.10. The van der Waals surface area contributed by atoms with Crippen LogP contribution in [0.4, 0.5) is 0 Å². The molecule has 0 saturated carbocycles. The molecular formula is C34H33BrN2O4. The van der Waals surface area contributed by atoms with Gasteiger partial charge in [-0.3, -0.25) is 0 Å². The summed E-state index contributed by atoms with van der Waals surface area (Å²) in [6.07, 6.45) is 0. The van der Waals surface area contributed by atoms with E-state index in [1.165, 1.54) is 22.2 Å². The van der Waals surface area contributed by atoms with Crippen molar-refractivity contribution in [2.45, 2.75) is 18.9 Å². The quantitative estimate of drug-likeness (QED) is 0.159. The van der Waals surface area contributed by atoms with Gasteiger partial charge in [0.05, 0.1) is 19.8 Å². The number of H-pyrrole nitrogens is 1. The zero-order valence-electron chi connectivity index (χ0n) is 23.2. The fraction of sp³-hybridized carbons (Fsp3) is 0.235. The maximum atomic E-state index is 6.10. The number of para-hydroxylation sites is 1. The van der Waals surface area contributed by atoms with Crippen LogP contribution in [0.3, 0.4) is 0 Å². The van der Waals surface area contributed by atoms with Crippen LogP contribution in [0.25, 0.3) is 10.9 Å². The van der Waals surface area contributed by atoms with Gasteiger partial charge in [-0.1, -0.05) is 58.4 Å². The molecule has 1 aliphatic rings. The van der Waals surface area contributed by atoms with Crippen LogP contribution >= 0.6 is 15.9 Å². The lowest BCUT2D eigenvalue weighted by Gasteiger charge is -2.31. The van der Waals surface area contributed by atoms with Crippen molar-refractivity contribution in [1.82, 2.24) is 10.3 Å². The van der Waals surface area contributed by atoms with E-state index >= 15 is 0 Å². The Kier molecular flexibility index (Phi) is 8.16. The predicted molar refractivity (Wildman–Crippen MR) is 166 cm³/mol. The standard InChI is InChI=1S/C34H33BrN2O4/c1-3-39-31-19-23(13-16-30(31)41-18-17-40-26-8-6-7-24(35)20-26)33-34-32(27-9-4-5-10-29(27)37-34)28(21-36-33)22-11-14-25(38-2)15-12-22/h4-16,19-20,28,33,36-37H,3,17-18,21H2,1-2H3/t28-,33+/m1/s1. The monoisotopic (exact) mass is 612 g/mol. The van der Waals surface area contributed by atoms with Crippen molar-refractivity contribution in [1.29, 1.82) is 0 Å². The summed E-state index contributed by atoms with van der Waals surface area (Å²) in [4.78, 5) is 3.74. The van der Waals surface area contributed by atoms with Crippen LogP contribution in [0, 0.1) is 0 Å². The smallest absolute Gasteiger partial charge is 0.161 e. The van der Waals surface area contributed by atoms with Crippen molar-refractivity contribution in [3.63, 3.8) is 0 Å². The van der Waals surface area contributed by atoms with Crippen molar-refractivity contribution in [3.8, 4) is 23.0 Å². The largest absolute Gasteiger partial charge is 0.497 e. The molecule has 0 unspecified atom stereocenters. The zero-order valence-corrected chi connectivity index (χ0v) is 24.7. The molecule has 41 heavy (non-hydrogen) atoms. The Labute approximate surface area is 248 Å². The molecular weight excluding hydrogens is 580 g/mol. The van der Waals surface area contributed by atoms with E-state index in [0.717, 1.165) is 39.3 Å². The highest BCUT2D eigenvalue weighted by Gasteiger charge is 2.32. The predicted octanol–water partition coefficient (Wildman–Crippen LogP) is 7.62. The molecule has 0 radical (unpaired) electrons. The Morgan fingerprint density at radius 3 is 2.39 bits per heavy atom. The lowest BCUT2D eigenvalue weighted by atomic mass is 9.83. The molecule has 4 aromatic carbocycles. The number of hydrogen-bond acceptors (Lipinski definition) is 5. The minimum Gasteiger partial charge on any atom is -0.497 e. The first-order valence-electron chi connectivity index (χ1n) is 13.9. The minimum atomic E-state index is -0.0139. The van der Waals surface area contributed by atoms with E-state index in [1.807, 2.05) is 49.4 Å². The van der Waals surface area contributed by atoms with Gasteiger partial charge in [-0.15, -0.1) is 0 Å². The molecule has 0 saturated heterocycles. The number of aromatic nitrogens is 1. The SMILES string of the molecule is CCOc1cc([C@@H]2NC[C@H](c3ccc(OC)cc3)c3c2[nH]c2ccccc32)ccc1OCCOc1cccc(Br)c1. The summed E-state index contributed by atoms with van der Waals surface area (Å²) < 4.78 is 24.4. The van der Waals surface area contributed by atoms with E-state index in [9.17, 15) is 0 Å². The van der Waals surface area contributed by atoms with E-state index < -0.39 is 0 Å². The Balaban J connectivity index is 1.26. The van der Waals surface area contributed by atoms with Crippen molar-refractivity contribution in [2.75, 3.05) is 33.5 Å². The van der Waals surface area contributed by atoms with Gasteiger partial charge in [0.2, 0.25) is 0 Å². The molecule has 6 nitrogen and oxygen atoms in total. The molecule has 1 aromatic heterocycles. The topological polar surface area (TPSA) is 64.7 Å². The van der Waals surface area contributed by atoms with Crippen molar-refractivity contribution in [3.05, 3.63) is 118 Å². The maximum Gasteiger partial charge on any atom is 0.161 e. The van der Waals surface area contributed by atoms with Gasteiger partial charge in [-0.2, -0.15) is 0 Å². The van der Waals surface area contributed by atoms with E-state index in [1.54, 1.807) is 7.11 Å². The second-order valence-corrected chi connectivity index (χ2v) is 10.9. The second kappa shape index (κ2) is 12.3. The molecule has 2 N–H and O–H groups in total. The number of benzene rings is 4. The number of aromatic amines is 1. The highest BCUT2D eigenvalue weighted by atomic mass is 79.9. The Hall–Kier alpha value is -3.94. The molecule has 0 aliphatic carbocycles. The lowest BCUT2D eigenvalue weighted by Crippen LogP contribution is -2.34. The summed E-state index contributed by atoms with van der Waals surface area (Å²) >= 11 is 3.47. The van der Waals surface area contributed by atoms with Crippen LogP contribution < -0.4 is 24.3 Å². The molecule has 6 rings (SSSR count). The van der Waals surface area contributed by atoms with E-state index in [4.69, 9.17) is 18.9 Å².